The van der Waals surface area contributed by atoms with Crippen LogP contribution in [0.5, 0.6) is 0 Å². The zero-order valence-electron chi connectivity index (χ0n) is 29.3. The number of ether oxygens (including phenoxy) is 9. The lowest BCUT2D eigenvalue weighted by molar-refractivity contribution is -0.331. The first-order valence-electron chi connectivity index (χ1n) is 16.0. The van der Waals surface area contributed by atoms with Crippen molar-refractivity contribution < 1.29 is 76.2 Å². The number of carbonyl (C=O) groups is 7. The number of carbonyl (C=O) groups excluding carboxylic acids is 7. The Hall–Kier alpha value is -4.65. The van der Waals surface area contributed by atoms with Gasteiger partial charge in [0, 0.05) is 48.5 Å². The zero-order chi connectivity index (χ0) is 37.8. The molecule has 1 aromatic carbocycles. The quantitative estimate of drug-likeness (QED) is 0.190. The number of rotatable bonds is 14. The molecular formula is C33H44N2O16. The van der Waals surface area contributed by atoms with Crippen molar-refractivity contribution in [2.24, 2.45) is 0 Å². The second-order valence-electron chi connectivity index (χ2n) is 11.8. The Morgan fingerprint density at radius 1 is 0.569 bits per heavy atom. The Morgan fingerprint density at radius 3 is 1.45 bits per heavy atom. The highest BCUT2D eigenvalue weighted by atomic mass is 16.7. The van der Waals surface area contributed by atoms with Gasteiger partial charge in [-0.25, -0.2) is 0 Å². The minimum Gasteiger partial charge on any atom is -0.463 e. The molecule has 2 fully saturated rings. The third kappa shape index (κ3) is 12.6. The van der Waals surface area contributed by atoms with Crippen LogP contribution in [0.15, 0.2) is 30.3 Å². The van der Waals surface area contributed by atoms with Gasteiger partial charge in [-0.2, -0.15) is 0 Å². The van der Waals surface area contributed by atoms with Gasteiger partial charge in [0.2, 0.25) is 11.8 Å². The van der Waals surface area contributed by atoms with E-state index in [1.807, 2.05) is 6.07 Å². The predicted octanol–water partition coefficient (Wildman–Crippen LogP) is -0.0311. The minimum atomic E-state index is -1.65. The van der Waals surface area contributed by atoms with Crippen LogP contribution in [0, 0.1) is 0 Å². The minimum absolute atomic E-state index is 0.0235. The maximum Gasteiger partial charge on any atom is 0.303 e. The highest BCUT2D eigenvalue weighted by molar-refractivity contribution is 5.74. The molecule has 0 bridgehead atoms. The van der Waals surface area contributed by atoms with E-state index in [9.17, 15) is 33.6 Å². The van der Waals surface area contributed by atoms with Gasteiger partial charge in [-0.1, -0.05) is 30.3 Å². The van der Waals surface area contributed by atoms with E-state index in [1.165, 1.54) is 6.92 Å². The molecule has 10 unspecified atom stereocenters. The summed E-state index contributed by atoms with van der Waals surface area (Å²) in [6.07, 6.45) is -11.4. The van der Waals surface area contributed by atoms with Gasteiger partial charge in [0.15, 0.2) is 30.9 Å². The highest BCUT2D eigenvalue weighted by Crippen LogP contribution is 2.34. The maximum atomic E-state index is 12.6. The van der Waals surface area contributed by atoms with Crippen molar-refractivity contribution in [3.63, 3.8) is 0 Å². The van der Waals surface area contributed by atoms with Crippen molar-refractivity contribution in [1.29, 1.82) is 0 Å². The molecule has 18 nitrogen and oxygen atoms in total. The first kappa shape index (κ1) is 40.8. The average Bonchev–Trinajstić information content (AvgIpc) is 3.02. The van der Waals surface area contributed by atoms with Gasteiger partial charge in [0.25, 0.3) is 0 Å². The molecule has 18 heteroatoms. The van der Waals surface area contributed by atoms with Crippen molar-refractivity contribution in [2.45, 2.75) is 116 Å². The van der Waals surface area contributed by atoms with Gasteiger partial charge in [0.05, 0.1) is 6.61 Å². The van der Waals surface area contributed by atoms with Crippen LogP contribution in [0.25, 0.3) is 0 Å². The molecule has 2 N–H and O–H groups in total. The molecule has 0 spiro atoms. The third-order valence-corrected chi connectivity index (χ3v) is 7.39. The van der Waals surface area contributed by atoms with Gasteiger partial charge in [0.1, 0.15) is 43.6 Å². The molecule has 0 aromatic heterocycles. The molecule has 282 valence electrons. The lowest BCUT2D eigenvalue weighted by atomic mass is 9.93. The molecule has 1 aromatic rings. The Kier molecular flexibility index (Phi) is 15.3. The molecule has 0 saturated carbocycles. The van der Waals surface area contributed by atoms with Crippen LogP contribution >= 0.6 is 0 Å². The zero-order valence-corrected chi connectivity index (χ0v) is 29.3. The number of esters is 5. The van der Waals surface area contributed by atoms with E-state index < -0.39 is 116 Å². The fraction of sp³-hybridized carbons (Fsp3) is 0.606. The molecule has 10 atom stereocenters. The van der Waals surface area contributed by atoms with E-state index in [4.69, 9.17) is 42.6 Å². The summed E-state index contributed by atoms with van der Waals surface area (Å²) in [6, 6.07) is 6.27. The molecule has 51 heavy (non-hydrogen) atoms. The number of hydrogen-bond acceptors (Lipinski definition) is 16. The molecule has 2 saturated heterocycles. The third-order valence-electron chi connectivity index (χ3n) is 7.39. The Balaban J connectivity index is 2.17. The molecule has 0 radical (unpaired) electrons. The molecular weight excluding hydrogens is 680 g/mol. The molecule has 3 rings (SSSR count). The lowest BCUT2D eigenvalue weighted by Crippen LogP contribution is -2.71. The summed E-state index contributed by atoms with van der Waals surface area (Å²) in [5.74, 6) is -5.08. The molecule has 0 aliphatic carbocycles. The summed E-state index contributed by atoms with van der Waals surface area (Å²) in [4.78, 5) is 85.9. The molecule has 2 amide bonds. The molecule has 2 aliphatic heterocycles. The van der Waals surface area contributed by atoms with Crippen LogP contribution < -0.4 is 10.6 Å². The van der Waals surface area contributed by atoms with Crippen LogP contribution in [0.4, 0.5) is 0 Å². The fourth-order valence-electron chi connectivity index (χ4n) is 5.58. The van der Waals surface area contributed by atoms with Gasteiger partial charge in [-0.15, -0.1) is 0 Å². The standard InChI is InChI=1S/C33H44N2O16/c1-16(36)34-26-31(29(47-21(6)41)24(14-43-18(3)38)49-32(26)45-13-23-11-9-8-10-12-23)51-33-27(35-17(2)37)30(48-22(7)42)28(46-20(5)40)25(50-33)15-44-19(4)39/h8-12,24-33H,13-15H2,1-7H3,(H,34,36)(H,35,37). The van der Waals surface area contributed by atoms with Crippen LogP contribution in [0.1, 0.15) is 54.0 Å². The second kappa shape index (κ2) is 19.1. The Morgan fingerprint density at radius 2 is 1.00 bits per heavy atom. The SMILES string of the molecule is CC(=O)NC1C(OC2C(NC(C)=O)C(OCc3ccccc3)OC(COC(C)=O)C2OC(C)=O)OC(COC(C)=O)C(OC(C)=O)C1OC(C)=O. The van der Waals surface area contributed by atoms with Crippen LogP contribution in [-0.4, -0.2) is 116 Å². The summed E-state index contributed by atoms with van der Waals surface area (Å²) in [6.45, 7) is 6.94. The van der Waals surface area contributed by atoms with E-state index >= 15 is 0 Å². The fourth-order valence-corrected chi connectivity index (χ4v) is 5.58. The van der Waals surface area contributed by atoms with Gasteiger partial charge < -0.3 is 53.3 Å². The van der Waals surface area contributed by atoms with Crippen molar-refractivity contribution in [1.82, 2.24) is 10.6 Å². The summed E-state index contributed by atoms with van der Waals surface area (Å²) >= 11 is 0. The topological polar surface area (TPSA) is 227 Å². The smallest absolute Gasteiger partial charge is 0.303 e. The van der Waals surface area contributed by atoms with E-state index in [-0.39, 0.29) is 6.61 Å². The highest BCUT2D eigenvalue weighted by Gasteiger charge is 2.56. The van der Waals surface area contributed by atoms with Gasteiger partial charge >= 0.3 is 29.8 Å². The average molecular weight is 725 g/mol. The molecule has 2 heterocycles. The largest absolute Gasteiger partial charge is 0.463 e. The predicted molar refractivity (Wildman–Crippen MR) is 169 cm³/mol. The van der Waals surface area contributed by atoms with Crippen molar-refractivity contribution >= 4 is 41.7 Å². The summed E-state index contributed by atoms with van der Waals surface area (Å²) < 4.78 is 52.0. The second-order valence-corrected chi connectivity index (χ2v) is 11.8. The van der Waals surface area contributed by atoms with Crippen LogP contribution in [-0.2, 0) is 82.8 Å². The monoisotopic (exact) mass is 724 g/mol. The maximum absolute atomic E-state index is 12.6. The normalized spacial score (nSPS) is 28.7. The summed E-state index contributed by atoms with van der Waals surface area (Å²) in [5.41, 5.74) is 0.731. The Bertz CT molecular complexity index is 1410. The Labute approximate surface area is 294 Å². The van der Waals surface area contributed by atoms with E-state index in [0.717, 1.165) is 47.1 Å². The lowest BCUT2D eigenvalue weighted by Gasteiger charge is -2.49. The number of nitrogens with one attached hydrogen (secondary N) is 2. The van der Waals surface area contributed by atoms with Crippen LogP contribution in [0.2, 0.25) is 0 Å². The number of benzene rings is 1. The number of amides is 2. The molecule has 2 aliphatic rings. The van der Waals surface area contributed by atoms with Crippen molar-refractivity contribution in [3.8, 4) is 0 Å². The number of hydrogen-bond donors (Lipinski definition) is 2. The van der Waals surface area contributed by atoms with Crippen molar-refractivity contribution in [3.05, 3.63) is 35.9 Å². The first-order chi connectivity index (χ1) is 24.0. The van der Waals surface area contributed by atoms with E-state index in [0.29, 0.717) is 0 Å². The first-order valence-corrected chi connectivity index (χ1v) is 16.0. The van der Waals surface area contributed by atoms with Crippen LogP contribution in [0.3, 0.4) is 0 Å². The van der Waals surface area contributed by atoms with Gasteiger partial charge in [-0.05, 0) is 5.56 Å². The van der Waals surface area contributed by atoms with Crippen molar-refractivity contribution in [2.75, 3.05) is 13.2 Å². The summed E-state index contributed by atoms with van der Waals surface area (Å²) in [7, 11) is 0. The van der Waals surface area contributed by atoms with E-state index in [1.54, 1.807) is 24.3 Å². The van der Waals surface area contributed by atoms with Gasteiger partial charge in [-0.3, -0.25) is 33.6 Å². The summed E-state index contributed by atoms with van der Waals surface area (Å²) in [5, 5.41) is 5.30. The van der Waals surface area contributed by atoms with E-state index in [2.05, 4.69) is 10.6 Å².